The Bertz CT molecular complexity index is 1210. The second kappa shape index (κ2) is 9.75. The molecular weight excluding hydrogens is 420 g/mol. The number of hydrogen-bond acceptors (Lipinski definition) is 4. The van der Waals surface area contributed by atoms with Gasteiger partial charge in [0, 0.05) is 23.7 Å². The van der Waals surface area contributed by atoms with Crippen LogP contribution < -0.4 is 10.5 Å². The average molecular weight is 457 g/mol. The van der Waals surface area contributed by atoms with Crippen LogP contribution in [0.3, 0.4) is 0 Å². The number of fused-ring (bicyclic) bond motifs is 1. The summed E-state index contributed by atoms with van der Waals surface area (Å²) >= 11 is 0. The number of nitrogens with zero attached hydrogens (tertiary/aromatic N) is 4. The average Bonchev–Trinajstić information content (AvgIpc) is 3.12. The van der Waals surface area contributed by atoms with Crippen LogP contribution in [0.25, 0.3) is 0 Å². The third kappa shape index (κ3) is 4.54. The molecule has 0 N–H and O–H groups in total. The van der Waals surface area contributed by atoms with E-state index in [9.17, 15) is 4.79 Å². The summed E-state index contributed by atoms with van der Waals surface area (Å²) in [7, 11) is 0. The Kier molecular flexibility index (Phi) is 6.55. The van der Waals surface area contributed by atoms with Crippen LogP contribution in [0.5, 0.6) is 0 Å². The van der Waals surface area contributed by atoms with E-state index in [0.717, 1.165) is 35.1 Å². The van der Waals surface area contributed by atoms with Gasteiger partial charge in [0.05, 0.1) is 19.0 Å². The quantitative estimate of drug-likeness (QED) is 0.462. The van der Waals surface area contributed by atoms with Crippen molar-refractivity contribution in [2.45, 2.75) is 78.4 Å². The minimum atomic E-state index is 0.0967. The molecular formula is C29H36N4O. The molecule has 5 heteroatoms. The van der Waals surface area contributed by atoms with Crippen molar-refractivity contribution in [3.8, 4) is 0 Å². The fourth-order valence-electron chi connectivity index (χ4n) is 5.64. The van der Waals surface area contributed by atoms with E-state index >= 15 is 0 Å². The van der Waals surface area contributed by atoms with Gasteiger partial charge in [0.2, 0.25) is 5.95 Å². The first-order valence-electron chi connectivity index (χ1n) is 12.7. The van der Waals surface area contributed by atoms with E-state index in [4.69, 9.17) is 4.98 Å². The van der Waals surface area contributed by atoms with Gasteiger partial charge in [-0.2, -0.15) is 0 Å². The minimum Gasteiger partial charge on any atom is -0.298 e. The van der Waals surface area contributed by atoms with Crippen molar-refractivity contribution in [1.29, 1.82) is 0 Å². The second-order valence-corrected chi connectivity index (χ2v) is 10.1. The molecule has 5 nitrogen and oxygen atoms in total. The molecule has 0 bridgehead atoms. The van der Waals surface area contributed by atoms with Gasteiger partial charge >= 0.3 is 0 Å². The predicted octanol–water partition coefficient (Wildman–Crippen LogP) is 5.85. The Morgan fingerprint density at radius 3 is 2.35 bits per heavy atom. The smallest absolute Gasteiger partial charge is 0.259 e. The molecule has 0 amide bonds. The lowest BCUT2D eigenvalue weighted by atomic mass is 10.0. The minimum absolute atomic E-state index is 0.0967. The lowest BCUT2D eigenvalue weighted by Gasteiger charge is -2.42. The van der Waals surface area contributed by atoms with Crippen molar-refractivity contribution in [2.24, 2.45) is 0 Å². The van der Waals surface area contributed by atoms with Crippen LogP contribution in [0, 0.1) is 20.8 Å². The summed E-state index contributed by atoms with van der Waals surface area (Å²) in [5.41, 5.74) is 6.48. The zero-order valence-electron chi connectivity index (χ0n) is 20.8. The number of aromatic nitrogens is 2. The number of rotatable bonds is 4. The van der Waals surface area contributed by atoms with Gasteiger partial charge in [-0.3, -0.25) is 19.2 Å². The van der Waals surface area contributed by atoms with Gasteiger partial charge in [0.25, 0.3) is 5.56 Å². The van der Waals surface area contributed by atoms with E-state index in [2.05, 4.69) is 54.0 Å². The lowest BCUT2D eigenvalue weighted by molar-refractivity contribution is 0.123. The maximum absolute atomic E-state index is 13.9. The second-order valence-electron chi connectivity index (χ2n) is 10.1. The van der Waals surface area contributed by atoms with Crippen molar-refractivity contribution in [2.75, 3.05) is 11.6 Å². The molecule has 0 radical (unpaired) electrons. The Hall–Kier alpha value is -2.92. The summed E-state index contributed by atoms with van der Waals surface area (Å²) in [5.74, 6) is 0.774. The third-order valence-corrected chi connectivity index (χ3v) is 7.54. The van der Waals surface area contributed by atoms with E-state index in [1.54, 1.807) is 0 Å². The molecule has 1 aromatic heterocycles. The van der Waals surface area contributed by atoms with Gasteiger partial charge in [0.15, 0.2) is 0 Å². The molecule has 0 saturated heterocycles. The van der Waals surface area contributed by atoms with Crippen LogP contribution in [-0.4, -0.2) is 27.2 Å². The molecule has 34 heavy (non-hydrogen) atoms. The topological polar surface area (TPSA) is 41.4 Å². The summed E-state index contributed by atoms with van der Waals surface area (Å²) < 4.78 is 1.93. The third-order valence-electron chi connectivity index (χ3n) is 7.54. The van der Waals surface area contributed by atoms with E-state index in [1.165, 1.54) is 49.7 Å². The van der Waals surface area contributed by atoms with Crippen molar-refractivity contribution >= 4 is 11.6 Å². The Morgan fingerprint density at radius 2 is 1.65 bits per heavy atom. The van der Waals surface area contributed by atoms with Gasteiger partial charge in [-0.25, -0.2) is 4.98 Å². The van der Waals surface area contributed by atoms with Gasteiger partial charge in [-0.05, 0) is 50.8 Å². The van der Waals surface area contributed by atoms with Crippen LogP contribution in [0.15, 0.2) is 53.3 Å². The highest BCUT2D eigenvalue weighted by atomic mass is 16.1. The first kappa shape index (κ1) is 22.9. The Labute approximate surface area is 203 Å². The fraction of sp³-hybridized carbons (Fsp3) is 0.448. The molecule has 1 aliphatic carbocycles. The lowest BCUT2D eigenvalue weighted by Crippen LogP contribution is -2.51. The zero-order chi connectivity index (χ0) is 23.7. The van der Waals surface area contributed by atoms with Crippen molar-refractivity contribution < 1.29 is 0 Å². The van der Waals surface area contributed by atoms with Crippen LogP contribution in [0.2, 0.25) is 0 Å². The van der Waals surface area contributed by atoms with Crippen LogP contribution in [-0.2, 0) is 13.1 Å². The molecule has 5 rings (SSSR count). The maximum atomic E-state index is 13.9. The fourth-order valence-corrected chi connectivity index (χ4v) is 5.64. The molecule has 0 atom stereocenters. The van der Waals surface area contributed by atoms with E-state index in [-0.39, 0.29) is 5.56 Å². The standard InChI is InChI=1S/C29H36N4O/c1-21-15-16-27(22(2)17-21)32-19-31(25-13-9-4-5-10-14-25)20-33-28(34)26(23(3)30-29(32)33)18-24-11-7-6-8-12-24/h6-8,11-12,15-17,25H,4-5,9-10,13-14,18-20H2,1-3H3. The summed E-state index contributed by atoms with van der Waals surface area (Å²) in [6, 6.07) is 17.3. The first-order valence-corrected chi connectivity index (χ1v) is 12.7. The highest BCUT2D eigenvalue weighted by Gasteiger charge is 2.32. The molecule has 178 valence electrons. The number of benzene rings is 2. The Morgan fingerprint density at radius 1 is 0.912 bits per heavy atom. The summed E-state index contributed by atoms with van der Waals surface area (Å²) in [5, 5.41) is 0. The molecule has 1 saturated carbocycles. The number of aryl methyl sites for hydroxylation is 3. The number of anilines is 2. The van der Waals surface area contributed by atoms with Gasteiger partial charge in [-0.15, -0.1) is 0 Å². The number of hydrogen-bond donors (Lipinski definition) is 0. The predicted molar refractivity (Wildman–Crippen MR) is 139 cm³/mol. The van der Waals surface area contributed by atoms with Crippen LogP contribution >= 0.6 is 0 Å². The molecule has 2 aromatic carbocycles. The molecule has 1 aliphatic heterocycles. The van der Waals surface area contributed by atoms with Crippen LogP contribution in [0.4, 0.5) is 11.6 Å². The van der Waals surface area contributed by atoms with E-state index in [1.807, 2.05) is 29.7 Å². The molecule has 3 aromatic rings. The van der Waals surface area contributed by atoms with Crippen molar-refractivity contribution in [1.82, 2.24) is 14.5 Å². The monoisotopic (exact) mass is 456 g/mol. The molecule has 2 aliphatic rings. The van der Waals surface area contributed by atoms with E-state index < -0.39 is 0 Å². The van der Waals surface area contributed by atoms with Crippen molar-refractivity contribution in [3.63, 3.8) is 0 Å². The normalized spacial score (nSPS) is 17.4. The molecule has 1 fully saturated rings. The largest absolute Gasteiger partial charge is 0.298 e. The van der Waals surface area contributed by atoms with Gasteiger partial charge in [-0.1, -0.05) is 73.7 Å². The molecule has 0 spiro atoms. The first-order chi connectivity index (χ1) is 16.5. The highest BCUT2D eigenvalue weighted by molar-refractivity contribution is 5.63. The van der Waals surface area contributed by atoms with Gasteiger partial charge in [0.1, 0.15) is 0 Å². The van der Waals surface area contributed by atoms with E-state index in [0.29, 0.717) is 19.1 Å². The molecule has 2 heterocycles. The van der Waals surface area contributed by atoms with Crippen LogP contribution in [0.1, 0.15) is 66.5 Å². The SMILES string of the molecule is Cc1ccc(N2CN(C3CCCCCC3)Cn3c2nc(C)c(Cc2ccccc2)c3=O)c(C)c1. The zero-order valence-corrected chi connectivity index (χ0v) is 20.8. The summed E-state index contributed by atoms with van der Waals surface area (Å²) in [6.45, 7) is 7.67. The highest BCUT2D eigenvalue weighted by Crippen LogP contribution is 2.33. The van der Waals surface area contributed by atoms with Gasteiger partial charge < -0.3 is 0 Å². The molecule has 0 unspecified atom stereocenters. The Balaban J connectivity index is 1.60. The summed E-state index contributed by atoms with van der Waals surface area (Å²) in [4.78, 5) is 23.8. The maximum Gasteiger partial charge on any atom is 0.259 e. The van der Waals surface area contributed by atoms with Crippen molar-refractivity contribution in [3.05, 3.63) is 86.8 Å². The summed E-state index contributed by atoms with van der Waals surface area (Å²) in [6.07, 6.45) is 8.23.